The number of nitrogens with zero attached hydrogens (tertiary/aromatic N) is 1. The quantitative estimate of drug-likeness (QED) is 0.728. The first-order valence-corrected chi connectivity index (χ1v) is 6.68. The van der Waals surface area contributed by atoms with Crippen LogP contribution in [-0.4, -0.2) is 42.9 Å². The van der Waals surface area contributed by atoms with E-state index in [0.717, 1.165) is 5.56 Å². The van der Waals surface area contributed by atoms with Gasteiger partial charge >= 0.3 is 5.97 Å². The van der Waals surface area contributed by atoms with E-state index in [4.69, 9.17) is 10.6 Å². The zero-order valence-corrected chi connectivity index (χ0v) is 11.8. The first-order chi connectivity index (χ1) is 10.1. The van der Waals surface area contributed by atoms with Crippen LogP contribution < -0.4 is 11.1 Å². The number of hydrogen-bond acceptors (Lipinski definition) is 6. The summed E-state index contributed by atoms with van der Waals surface area (Å²) in [5.74, 6) is -0.760. The van der Waals surface area contributed by atoms with Crippen LogP contribution in [0.5, 0.6) is 0 Å². The van der Waals surface area contributed by atoms with E-state index < -0.39 is 18.2 Å². The monoisotopic (exact) mass is 293 g/mol. The predicted molar refractivity (Wildman–Crippen MR) is 74.5 cm³/mol. The molecule has 3 N–H and O–H groups in total. The molecule has 7 nitrogen and oxygen atoms in total. The van der Waals surface area contributed by atoms with Crippen molar-refractivity contribution < 1.29 is 19.2 Å². The molecular weight excluding hydrogens is 274 g/mol. The molecule has 7 heteroatoms. The normalized spacial score (nSPS) is 22.0. The highest BCUT2D eigenvalue weighted by Crippen LogP contribution is 2.22. The molecule has 1 aliphatic rings. The van der Waals surface area contributed by atoms with Crippen LogP contribution in [-0.2, 0) is 25.7 Å². The minimum atomic E-state index is -0.721. The number of amides is 1. The molecule has 0 spiro atoms. The van der Waals surface area contributed by atoms with Gasteiger partial charge in [-0.3, -0.25) is 9.63 Å². The largest absolute Gasteiger partial charge is 0.467 e. The van der Waals surface area contributed by atoms with Crippen molar-refractivity contribution in [3.63, 3.8) is 0 Å². The molecule has 0 saturated carbocycles. The van der Waals surface area contributed by atoms with Crippen molar-refractivity contribution in [3.05, 3.63) is 35.9 Å². The number of nitrogens with one attached hydrogen (secondary N) is 1. The fraction of sp³-hybridized carbons (Fsp3) is 0.429. The molecule has 1 aliphatic heterocycles. The molecule has 0 aromatic heterocycles. The van der Waals surface area contributed by atoms with Crippen molar-refractivity contribution >= 4 is 11.9 Å². The first kappa shape index (κ1) is 15.4. The third-order valence-corrected chi connectivity index (χ3v) is 3.21. The van der Waals surface area contributed by atoms with Gasteiger partial charge in [0, 0.05) is 6.42 Å². The number of hydroxylamine groups is 2. The molecule has 0 bridgehead atoms. The lowest BCUT2D eigenvalue weighted by Crippen LogP contribution is -2.45. The van der Waals surface area contributed by atoms with Crippen molar-refractivity contribution in [2.24, 2.45) is 5.73 Å². The van der Waals surface area contributed by atoms with Gasteiger partial charge in [-0.05, 0) is 5.56 Å². The summed E-state index contributed by atoms with van der Waals surface area (Å²) < 4.78 is 4.68. The van der Waals surface area contributed by atoms with E-state index in [9.17, 15) is 9.59 Å². The van der Waals surface area contributed by atoms with Crippen LogP contribution in [0, 0.1) is 0 Å². The lowest BCUT2D eigenvalue weighted by Gasteiger charge is -2.23. The Hall–Kier alpha value is -1.96. The number of carbonyl (C=O) groups is 2. The third kappa shape index (κ3) is 4.01. The molecule has 1 aromatic carbocycles. The van der Waals surface area contributed by atoms with E-state index in [1.165, 1.54) is 7.11 Å². The van der Waals surface area contributed by atoms with Gasteiger partial charge < -0.3 is 15.8 Å². The second-order valence-electron chi connectivity index (χ2n) is 4.70. The maximum absolute atomic E-state index is 11.6. The molecule has 1 heterocycles. The highest BCUT2D eigenvalue weighted by molar-refractivity contribution is 5.78. The fourth-order valence-corrected chi connectivity index (χ4v) is 2.16. The molecule has 1 saturated heterocycles. The summed E-state index contributed by atoms with van der Waals surface area (Å²) in [5, 5.41) is 4.31. The average Bonchev–Trinajstić information content (AvgIpc) is 2.90. The zero-order chi connectivity index (χ0) is 15.2. The molecule has 21 heavy (non-hydrogen) atoms. The van der Waals surface area contributed by atoms with E-state index in [1.54, 1.807) is 5.06 Å². The van der Waals surface area contributed by atoms with Crippen LogP contribution in [0.2, 0.25) is 0 Å². The van der Waals surface area contributed by atoms with Gasteiger partial charge in [0.2, 0.25) is 5.91 Å². The van der Waals surface area contributed by atoms with Gasteiger partial charge in [-0.1, -0.05) is 30.3 Å². The molecule has 2 rings (SSSR count). The SMILES string of the molecule is COC(=O)[C@H]1C[C@@H](NC(=O)CN)N(Cc2ccccc2)O1. The van der Waals surface area contributed by atoms with Gasteiger partial charge in [-0.15, -0.1) is 0 Å². The molecule has 1 amide bonds. The Morgan fingerprint density at radius 2 is 2.14 bits per heavy atom. The highest BCUT2D eigenvalue weighted by Gasteiger charge is 2.38. The lowest BCUT2D eigenvalue weighted by atomic mass is 10.2. The summed E-state index contributed by atoms with van der Waals surface area (Å²) in [5.41, 5.74) is 6.32. The van der Waals surface area contributed by atoms with Crippen molar-refractivity contribution in [2.45, 2.75) is 25.2 Å². The van der Waals surface area contributed by atoms with Crippen LogP contribution >= 0.6 is 0 Å². The Balaban J connectivity index is 2.07. The second-order valence-corrected chi connectivity index (χ2v) is 4.70. The van der Waals surface area contributed by atoms with Gasteiger partial charge in [-0.25, -0.2) is 4.79 Å². The summed E-state index contributed by atoms with van der Waals surface area (Å²) in [6, 6.07) is 9.62. The zero-order valence-electron chi connectivity index (χ0n) is 11.8. The summed E-state index contributed by atoms with van der Waals surface area (Å²) in [4.78, 5) is 28.7. The number of esters is 1. The van der Waals surface area contributed by atoms with Gasteiger partial charge in [0.1, 0.15) is 6.17 Å². The lowest BCUT2D eigenvalue weighted by molar-refractivity contribution is -0.193. The molecule has 0 radical (unpaired) electrons. The average molecular weight is 293 g/mol. The van der Waals surface area contributed by atoms with Crippen LogP contribution in [0.1, 0.15) is 12.0 Å². The Morgan fingerprint density at radius 1 is 1.43 bits per heavy atom. The first-order valence-electron chi connectivity index (χ1n) is 6.68. The van der Waals surface area contributed by atoms with E-state index >= 15 is 0 Å². The topological polar surface area (TPSA) is 93.9 Å². The van der Waals surface area contributed by atoms with Crippen molar-refractivity contribution in [1.29, 1.82) is 0 Å². The summed E-state index contributed by atoms with van der Waals surface area (Å²) in [6.07, 6.45) is -0.808. The van der Waals surface area contributed by atoms with Crippen LogP contribution in [0.15, 0.2) is 30.3 Å². The van der Waals surface area contributed by atoms with Crippen LogP contribution in [0.4, 0.5) is 0 Å². The molecule has 1 aromatic rings. The standard InChI is InChI=1S/C14H19N3O4/c1-20-14(19)11-7-12(16-13(18)8-15)17(21-11)9-10-5-3-2-4-6-10/h2-6,11-12H,7-9,15H2,1H3,(H,16,18)/t11-,12+/m1/s1. The van der Waals surface area contributed by atoms with Crippen molar-refractivity contribution in [3.8, 4) is 0 Å². The van der Waals surface area contributed by atoms with Crippen molar-refractivity contribution in [1.82, 2.24) is 10.4 Å². The molecule has 1 fully saturated rings. The fourth-order valence-electron chi connectivity index (χ4n) is 2.16. The second kappa shape index (κ2) is 7.16. The van der Waals surface area contributed by atoms with Gasteiger partial charge in [-0.2, -0.15) is 5.06 Å². The number of rotatable bonds is 5. The Kier molecular flexibility index (Phi) is 5.26. The van der Waals surface area contributed by atoms with Crippen LogP contribution in [0.3, 0.4) is 0 Å². The maximum Gasteiger partial charge on any atom is 0.337 e. The van der Waals surface area contributed by atoms with E-state index in [1.807, 2.05) is 30.3 Å². The minimum absolute atomic E-state index is 0.113. The smallest absolute Gasteiger partial charge is 0.337 e. The number of ether oxygens (including phenoxy) is 1. The maximum atomic E-state index is 11.6. The molecule has 2 atom stereocenters. The summed E-state index contributed by atoms with van der Waals surface area (Å²) in [6.45, 7) is 0.336. The minimum Gasteiger partial charge on any atom is -0.467 e. The number of benzene rings is 1. The molecule has 114 valence electrons. The number of carbonyl (C=O) groups excluding carboxylic acids is 2. The summed E-state index contributed by atoms with van der Waals surface area (Å²) >= 11 is 0. The predicted octanol–water partition coefficient (Wildman–Crippen LogP) is -0.233. The molecule has 0 aliphatic carbocycles. The number of nitrogens with two attached hydrogens (primary N) is 1. The summed E-state index contributed by atoms with van der Waals surface area (Å²) in [7, 11) is 1.30. The Labute approximate surface area is 122 Å². The molecular formula is C14H19N3O4. The number of hydrogen-bond donors (Lipinski definition) is 2. The molecule has 0 unspecified atom stereocenters. The number of methoxy groups -OCH3 is 1. The van der Waals surface area contributed by atoms with E-state index in [0.29, 0.717) is 13.0 Å². The van der Waals surface area contributed by atoms with E-state index in [-0.39, 0.29) is 12.5 Å². The van der Waals surface area contributed by atoms with Crippen molar-refractivity contribution in [2.75, 3.05) is 13.7 Å². The van der Waals surface area contributed by atoms with Gasteiger partial charge in [0.15, 0.2) is 6.10 Å². The Morgan fingerprint density at radius 3 is 2.76 bits per heavy atom. The third-order valence-electron chi connectivity index (χ3n) is 3.21. The van der Waals surface area contributed by atoms with Gasteiger partial charge in [0.25, 0.3) is 0 Å². The van der Waals surface area contributed by atoms with E-state index in [2.05, 4.69) is 10.1 Å². The Bertz CT molecular complexity index is 494. The van der Waals surface area contributed by atoms with Gasteiger partial charge in [0.05, 0.1) is 20.2 Å². The van der Waals surface area contributed by atoms with Crippen LogP contribution in [0.25, 0.3) is 0 Å². The highest BCUT2D eigenvalue weighted by atomic mass is 16.7.